The number of amides is 1. The van der Waals surface area contributed by atoms with E-state index in [0.717, 1.165) is 37.6 Å². The van der Waals surface area contributed by atoms with Crippen LogP contribution in [0, 0.1) is 5.92 Å². The van der Waals surface area contributed by atoms with Gasteiger partial charge in [0.2, 0.25) is 5.91 Å². The monoisotopic (exact) mass is 335 g/mol. The molecule has 2 aliphatic rings. The maximum Gasteiger partial charge on any atom is 0.230 e. The first-order chi connectivity index (χ1) is 9.79. The van der Waals surface area contributed by atoms with Crippen molar-refractivity contribution >= 4 is 27.5 Å². The number of hydrogen-bond donors (Lipinski definition) is 0. The van der Waals surface area contributed by atoms with Crippen LogP contribution in [0.5, 0.6) is 0 Å². The highest BCUT2D eigenvalue weighted by molar-refractivity contribution is 9.09. The van der Waals surface area contributed by atoms with Gasteiger partial charge in [0.25, 0.3) is 0 Å². The van der Waals surface area contributed by atoms with E-state index in [9.17, 15) is 4.79 Å². The van der Waals surface area contributed by atoms with Crippen LogP contribution < -0.4 is 4.90 Å². The zero-order valence-electron chi connectivity index (χ0n) is 11.9. The first-order valence-electron chi connectivity index (χ1n) is 7.79. The van der Waals surface area contributed by atoms with E-state index in [0.29, 0.717) is 5.91 Å². The number of carbonyl (C=O) groups is 1. The van der Waals surface area contributed by atoms with Gasteiger partial charge in [-0.25, -0.2) is 0 Å². The molecule has 1 aromatic rings. The summed E-state index contributed by atoms with van der Waals surface area (Å²) in [4.78, 5) is 14.7. The van der Waals surface area contributed by atoms with Crippen LogP contribution in [-0.4, -0.2) is 17.8 Å². The maximum atomic E-state index is 12.7. The van der Waals surface area contributed by atoms with Gasteiger partial charge in [0.1, 0.15) is 0 Å². The Hall–Kier alpha value is -0.830. The van der Waals surface area contributed by atoms with Gasteiger partial charge in [0.15, 0.2) is 0 Å². The average molecular weight is 336 g/mol. The van der Waals surface area contributed by atoms with E-state index >= 15 is 0 Å². The van der Waals surface area contributed by atoms with Gasteiger partial charge >= 0.3 is 0 Å². The second-order valence-electron chi connectivity index (χ2n) is 5.98. The van der Waals surface area contributed by atoms with Crippen LogP contribution >= 0.6 is 15.9 Å². The Morgan fingerprint density at radius 3 is 2.80 bits per heavy atom. The van der Waals surface area contributed by atoms with Crippen molar-refractivity contribution in [3.8, 4) is 0 Å². The Bertz CT molecular complexity index is 494. The van der Waals surface area contributed by atoms with Gasteiger partial charge in [-0.15, -0.1) is 0 Å². The minimum absolute atomic E-state index is 0.275. The summed E-state index contributed by atoms with van der Waals surface area (Å²) in [6.45, 7) is 0.877. The molecule has 3 rings (SSSR count). The van der Waals surface area contributed by atoms with Crippen molar-refractivity contribution < 1.29 is 4.79 Å². The first-order valence-corrected chi connectivity index (χ1v) is 8.91. The van der Waals surface area contributed by atoms with E-state index in [1.165, 1.54) is 36.1 Å². The molecule has 0 radical (unpaired) electrons. The van der Waals surface area contributed by atoms with Crippen LogP contribution in [0.4, 0.5) is 5.69 Å². The largest absolute Gasteiger partial charge is 0.312 e. The lowest BCUT2D eigenvalue weighted by Crippen LogP contribution is -2.35. The predicted molar refractivity (Wildman–Crippen MR) is 86.6 cm³/mol. The second kappa shape index (κ2) is 6.30. The number of carbonyl (C=O) groups excluding carboxylic acids is 1. The van der Waals surface area contributed by atoms with E-state index in [4.69, 9.17) is 0 Å². The third-order valence-corrected chi connectivity index (χ3v) is 5.04. The van der Waals surface area contributed by atoms with Crippen LogP contribution in [0.1, 0.15) is 43.2 Å². The molecule has 0 N–H and O–H groups in total. The molecule has 0 unspecified atom stereocenters. The molecule has 20 heavy (non-hydrogen) atoms. The molecule has 0 atom stereocenters. The number of aryl methyl sites for hydroxylation is 1. The molecule has 1 heterocycles. The van der Waals surface area contributed by atoms with Crippen molar-refractivity contribution in [1.29, 1.82) is 0 Å². The van der Waals surface area contributed by atoms with Gasteiger partial charge in [-0.3, -0.25) is 4.79 Å². The smallest absolute Gasteiger partial charge is 0.230 e. The number of alkyl halides is 1. The number of rotatable bonds is 3. The summed E-state index contributed by atoms with van der Waals surface area (Å²) < 4.78 is 0. The number of halogens is 1. The second-order valence-corrected chi connectivity index (χ2v) is 6.77. The van der Waals surface area contributed by atoms with Crippen molar-refractivity contribution in [3.05, 3.63) is 29.3 Å². The molecule has 0 aromatic heterocycles. The SMILES string of the molecule is O=C(C1CCCCC1)N1CCc2cc(CCBr)ccc21. The summed E-state index contributed by atoms with van der Waals surface area (Å²) in [5.74, 6) is 0.647. The summed E-state index contributed by atoms with van der Waals surface area (Å²) in [5, 5.41) is 0.997. The number of anilines is 1. The van der Waals surface area contributed by atoms with Crippen molar-refractivity contribution in [2.24, 2.45) is 5.92 Å². The van der Waals surface area contributed by atoms with E-state index < -0.39 is 0 Å². The molecular weight excluding hydrogens is 314 g/mol. The predicted octanol–water partition coefficient (Wildman–Crippen LogP) is 4.09. The Morgan fingerprint density at radius 2 is 2.05 bits per heavy atom. The molecule has 0 saturated heterocycles. The maximum absolute atomic E-state index is 12.7. The molecular formula is C17H22BrNO. The molecule has 1 saturated carbocycles. The van der Waals surface area contributed by atoms with Crippen molar-refractivity contribution in [1.82, 2.24) is 0 Å². The number of fused-ring (bicyclic) bond motifs is 1. The summed E-state index contributed by atoms with van der Waals surface area (Å²) in [7, 11) is 0. The topological polar surface area (TPSA) is 20.3 Å². The number of benzene rings is 1. The van der Waals surface area contributed by atoms with Gasteiger partial charge in [0.05, 0.1) is 0 Å². The third-order valence-electron chi connectivity index (χ3n) is 4.64. The molecule has 0 spiro atoms. The Labute approximate surface area is 129 Å². The molecule has 3 heteroatoms. The van der Waals surface area contributed by atoms with Gasteiger partial charge in [-0.05, 0) is 42.9 Å². The van der Waals surface area contributed by atoms with Crippen LogP contribution in [0.3, 0.4) is 0 Å². The molecule has 1 aromatic carbocycles. The normalized spacial score (nSPS) is 19.1. The van der Waals surface area contributed by atoms with E-state index in [2.05, 4.69) is 34.1 Å². The fourth-order valence-electron chi connectivity index (χ4n) is 3.52. The standard InChI is InChI=1S/C17H22BrNO/c18-10-8-13-6-7-16-15(12-13)9-11-19(16)17(20)14-4-2-1-3-5-14/h6-7,12,14H,1-5,8-11H2. The molecule has 1 amide bonds. The molecule has 1 aliphatic carbocycles. The van der Waals surface area contributed by atoms with Gasteiger partial charge in [-0.1, -0.05) is 47.3 Å². The van der Waals surface area contributed by atoms with E-state index in [1.807, 2.05) is 4.90 Å². The minimum Gasteiger partial charge on any atom is -0.312 e. The Morgan fingerprint density at radius 1 is 1.25 bits per heavy atom. The lowest BCUT2D eigenvalue weighted by molar-refractivity contribution is -0.123. The number of nitrogens with zero attached hydrogens (tertiary/aromatic N) is 1. The van der Waals surface area contributed by atoms with Crippen LogP contribution in [0.15, 0.2) is 18.2 Å². The fourth-order valence-corrected chi connectivity index (χ4v) is 3.98. The summed E-state index contributed by atoms with van der Waals surface area (Å²) in [6, 6.07) is 6.61. The van der Waals surface area contributed by atoms with Crippen molar-refractivity contribution in [2.75, 3.05) is 16.8 Å². The fraction of sp³-hybridized carbons (Fsp3) is 0.588. The van der Waals surface area contributed by atoms with Gasteiger partial charge < -0.3 is 4.90 Å². The van der Waals surface area contributed by atoms with Gasteiger partial charge in [0, 0.05) is 23.5 Å². The van der Waals surface area contributed by atoms with Gasteiger partial charge in [-0.2, -0.15) is 0 Å². The lowest BCUT2D eigenvalue weighted by Gasteiger charge is -2.26. The highest BCUT2D eigenvalue weighted by Crippen LogP contribution is 2.33. The average Bonchev–Trinajstić information content (AvgIpc) is 2.91. The van der Waals surface area contributed by atoms with Crippen LogP contribution in [0.25, 0.3) is 0 Å². The third kappa shape index (κ3) is 2.78. The Balaban J connectivity index is 1.76. The highest BCUT2D eigenvalue weighted by Gasteiger charge is 2.30. The lowest BCUT2D eigenvalue weighted by atomic mass is 9.88. The minimum atomic E-state index is 0.275. The highest BCUT2D eigenvalue weighted by atomic mass is 79.9. The van der Waals surface area contributed by atoms with Crippen molar-refractivity contribution in [3.63, 3.8) is 0 Å². The summed E-state index contributed by atoms with van der Waals surface area (Å²) in [6.07, 6.45) is 8.01. The molecule has 0 bridgehead atoms. The molecule has 1 fully saturated rings. The van der Waals surface area contributed by atoms with Crippen molar-refractivity contribution in [2.45, 2.75) is 44.9 Å². The number of hydrogen-bond acceptors (Lipinski definition) is 1. The molecule has 2 nitrogen and oxygen atoms in total. The quantitative estimate of drug-likeness (QED) is 0.761. The zero-order valence-corrected chi connectivity index (χ0v) is 13.5. The summed E-state index contributed by atoms with van der Waals surface area (Å²) in [5.41, 5.74) is 3.89. The first kappa shape index (κ1) is 14.1. The van der Waals surface area contributed by atoms with Crippen LogP contribution in [0.2, 0.25) is 0 Å². The summed E-state index contributed by atoms with van der Waals surface area (Å²) >= 11 is 3.49. The van der Waals surface area contributed by atoms with Crippen LogP contribution in [-0.2, 0) is 17.6 Å². The zero-order chi connectivity index (χ0) is 13.9. The molecule has 108 valence electrons. The molecule has 1 aliphatic heterocycles. The van der Waals surface area contributed by atoms with E-state index in [-0.39, 0.29) is 5.92 Å². The Kier molecular flexibility index (Phi) is 4.45. The van der Waals surface area contributed by atoms with E-state index in [1.54, 1.807) is 0 Å².